The number of nitrogens with zero attached hydrogens (tertiary/aromatic N) is 3. The molecule has 1 saturated heterocycles. The van der Waals surface area contributed by atoms with E-state index >= 15 is 0 Å². The van der Waals surface area contributed by atoms with Gasteiger partial charge in [-0.15, -0.1) is 0 Å². The average molecular weight is 305 g/mol. The van der Waals surface area contributed by atoms with Crippen LogP contribution in [0.4, 0.5) is 5.82 Å². The molecule has 6 heteroatoms. The molecule has 0 aliphatic carbocycles. The number of anilines is 1. The Balaban J connectivity index is 1.93. The van der Waals surface area contributed by atoms with Gasteiger partial charge >= 0.3 is 0 Å². The first-order valence-electron chi connectivity index (χ1n) is 7.99. The predicted molar refractivity (Wildman–Crippen MR) is 90.4 cm³/mol. The summed E-state index contributed by atoms with van der Waals surface area (Å²) in [5.41, 5.74) is 1.20. The number of nitrogens with one attached hydrogen (secondary N) is 2. The number of aromatic nitrogens is 1. The van der Waals surface area contributed by atoms with Crippen LogP contribution in [0.3, 0.4) is 0 Å². The van der Waals surface area contributed by atoms with Gasteiger partial charge in [-0.2, -0.15) is 0 Å². The van der Waals surface area contributed by atoms with Gasteiger partial charge in [-0.05, 0) is 31.0 Å². The molecule has 1 aliphatic heterocycles. The van der Waals surface area contributed by atoms with Gasteiger partial charge in [0, 0.05) is 39.4 Å². The molecule has 0 aromatic carbocycles. The molecule has 2 N–H and O–H groups in total. The first-order chi connectivity index (χ1) is 10.7. The minimum Gasteiger partial charge on any atom is -0.375 e. The molecule has 0 spiro atoms. The zero-order chi connectivity index (χ0) is 15.8. The number of aliphatic imine (C=N–C) groups is 1. The minimum absolute atomic E-state index is 0.259. The van der Waals surface area contributed by atoms with Gasteiger partial charge < -0.3 is 20.3 Å². The normalized spacial score (nSPS) is 19.1. The molecule has 0 bridgehead atoms. The molecule has 1 aromatic heterocycles. The maximum absolute atomic E-state index is 5.59. The van der Waals surface area contributed by atoms with E-state index in [1.807, 2.05) is 12.3 Å². The van der Waals surface area contributed by atoms with Crippen LogP contribution < -0.4 is 15.5 Å². The Labute approximate surface area is 133 Å². The van der Waals surface area contributed by atoms with E-state index < -0.39 is 0 Å². The van der Waals surface area contributed by atoms with Crippen molar-refractivity contribution in [1.82, 2.24) is 15.6 Å². The van der Waals surface area contributed by atoms with Gasteiger partial charge in [0.2, 0.25) is 0 Å². The maximum atomic E-state index is 5.59. The summed E-state index contributed by atoms with van der Waals surface area (Å²) < 4.78 is 5.59. The minimum atomic E-state index is 0.259. The van der Waals surface area contributed by atoms with Crippen LogP contribution in [0.1, 0.15) is 25.8 Å². The van der Waals surface area contributed by atoms with Crippen molar-refractivity contribution in [3.05, 3.63) is 23.9 Å². The second-order valence-corrected chi connectivity index (χ2v) is 5.50. The standard InChI is InChI=1S/C16H27N5O/c1-4-6-19-16(17-3)20-11-14-5-7-18-15(10-14)21-8-9-22-13(2)12-21/h5,7,10,13H,4,6,8-9,11-12H2,1-3H3,(H2,17,19,20). The lowest BCUT2D eigenvalue weighted by Crippen LogP contribution is -2.41. The molecule has 1 fully saturated rings. The van der Waals surface area contributed by atoms with Crippen LogP contribution in [0.2, 0.25) is 0 Å². The smallest absolute Gasteiger partial charge is 0.191 e. The van der Waals surface area contributed by atoms with Crippen molar-refractivity contribution in [1.29, 1.82) is 0 Å². The fourth-order valence-electron chi connectivity index (χ4n) is 2.42. The molecule has 1 aromatic rings. The summed E-state index contributed by atoms with van der Waals surface area (Å²) in [6.07, 6.45) is 3.21. The number of hydrogen-bond donors (Lipinski definition) is 2. The average Bonchev–Trinajstić information content (AvgIpc) is 2.55. The second-order valence-electron chi connectivity index (χ2n) is 5.50. The van der Waals surface area contributed by atoms with Crippen molar-refractivity contribution in [3.63, 3.8) is 0 Å². The Morgan fingerprint density at radius 1 is 1.50 bits per heavy atom. The third-order valence-corrected chi connectivity index (χ3v) is 3.60. The lowest BCUT2D eigenvalue weighted by Gasteiger charge is -2.32. The van der Waals surface area contributed by atoms with Gasteiger partial charge in [-0.25, -0.2) is 4.98 Å². The molecule has 122 valence electrons. The van der Waals surface area contributed by atoms with E-state index in [0.717, 1.165) is 51.0 Å². The van der Waals surface area contributed by atoms with E-state index in [1.54, 1.807) is 7.05 Å². The lowest BCUT2D eigenvalue weighted by atomic mass is 10.2. The van der Waals surface area contributed by atoms with Gasteiger partial charge in [0.1, 0.15) is 5.82 Å². The zero-order valence-electron chi connectivity index (χ0n) is 13.8. The van der Waals surface area contributed by atoms with Gasteiger partial charge in [0.15, 0.2) is 5.96 Å². The summed E-state index contributed by atoms with van der Waals surface area (Å²) in [7, 11) is 1.79. The summed E-state index contributed by atoms with van der Waals surface area (Å²) in [4.78, 5) is 11.0. The van der Waals surface area contributed by atoms with Gasteiger partial charge in [-0.3, -0.25) is 4.99 Å². The quantitative estimate of drug-likeness (QED) is 0.636. The highest BCUT2D eigenvalue weighted by molar-refractivity contribution is 5.79. The highest BCUT2D eigenvalue weighted by Crippen LogP contribution is 2.16. The first-order valence-corrected chi connectivity index (χ1v) is 7.99. The Morgan fingerprint density at radius 3 is 3.09 bits per heavy atom. The summed E-state index contributed by atoms with van der Waals surface area (Å²) in [5.74, 6) is 1.85. The predicted octanol–water partition coefficient (Wildman–Crippen LogP) is 1.38. The summed E-state index contributed by atoms with van der Waals surface area (Å²) in [5, 5.41) is 6.60. The van der Waals surface area contributed by atoms with Crippen LogP contribution in [0.15, 0.2) is 23.3 Å². The van der Waals surface area contributed by atoms with Crippen molar-refractivity contribution in [2.24, 2.45) is 4.99 Å². The number of hydrogen-bond acceptors (Lipinski definition) is 4. The molecule has 1 atom stereocenters. The van der Waals surface area contributed by atoms with Crippen LogP contribution >= 0.6 is 0 Å². The van der Waals surface area contributed by atoms with Crippen LogP contribution in [-0.2, 0) is 11.3 Å². The topological polar surface area (TPSA) is 61.8 Å². The van der Waals surface area contributed by atoms with Crippen LogP contribution in [0.5, 0.6) is 0 Å². The lowest BCUT2D eigenvalue weighted by molar-refractivity contribution is 0.0529. The molecule has 1 aliphatic rings. The molecular formula is C16H27N5O. The van der Waals surface area contributed by atoms with Gasteiger partial charge in [0.25, 0.3) is 0 Å². The molecule has 0 saturated carbocycles. The van der Waals surface area contributed by atoms with E-state index in [9.17, 15) is 0 Å². The number of guanidine groups is 1. The fourth-order valence-corrected chi connectivity index (χ4v) is 2.42. The molecule has 2 rings (SSSR count). The molecular weight excluding hydrogens is 278 g/mol. The molecule has 2 heterocycles. The van der Waals surface area contributed by atoms with Crippen molar-refractivity contribution >= 4 is 11.8 Å². The van der Waals surface area contributed by atoms with E-state index in [1.165, 1.54) is 5.56 Å². The number of ether oxygens (including phenoxy) is 1. The van der Waals surface area contributed by atoms with E-state index in [2.05, 4.69) is 45.4 Å². The monoisotopic (exact) mass is 305 g/mol. The SMILES string of the molecule is CCCNC(=NC)NCc1ccnc(N2CCOC(C)C2)c1. The molecule has 6 nitrogen and oxygen atoms in total. The Morgan fingerprint density at radius 2 is 2.36 bits per heavy atom. The fraction of sp³-hybridized carbons (Fsp3) is 0.625. The van der Waals surface area contributed by atoms with Crippen LogP contribution in [0, 0.1) is 0 Å². The van der Waals surface area contributed by atoms with Gasteiger partial charge in [-0.1, -0.05) is 6.92 Å². The summed E-state index contributed by atoms with van der Waals surface area (Å²) >= 11 is 0. The first kappa shape index (κ1) is 16.5. The van der Waals surface area contributed by atoms with Crippen molar-refractivity contribution < 1.29 is 4.74 Å². The zero-order valence-corrected chi connectivity index (χ0v) is 13.8. The van der Waals surface area contributed by atoms with E-state index in [-0.39, 0.29) is 6.10 Å². The Hall–Kier alpha value is -1.82. The second kappa shape index (κ2) is 8.58. The number of morpholine rings is 1. The van der Waals surface area contributed by atoms with Gasteiger partial charge in [0.05, 0.1) is 12.7 Å². The maximum Gasteiger partial charge on any atom is 0.191 e. The molecule has 0 radical (unpaired) electrons. The highest BCUT2D eigenvalue weighted by Gasteiger charge is 2.17. The highest BCUT2D eigenvalue weighted by atomic mass is 16.5. The molecule has 22 heavy (non-hydrogen) atoms. The largest absolute Gasteiger partial charge is 0.375 e. The number of rotatable bonds is 5. The summed E-state index contributed by atoms with van der Waals surface area (Å²) in [6.45, 7) is 8.45. The Bertz CT molecular complexity index is 491. The number of pyridine rings is 1. The summed E-state index contributed by atoms with van der Waals surface area (Å²) in [6, 6.07) is 4.17. The van der Waals surface area contributed by atoms with Crippen molar-refractivity contribution in [2.75, 3.05) is 38.2 Å². The van der Waals surface area contributed by atoms with Crippen LogP contribution in [0.25, 0.3) is 0 Å². The van der Waals surface area contributed by atoms with E-state index in [0.29, 0.717) is 0 Å². The van der Waals surface area contributed by atoms with Crippen molar-refractivity contribution in [3.8, 4) is 0 Å². The third-order valence-electron chi connectivity index (χ3n) is 3.60. The molecule has 0 amide bonds. The van der Waals surface area contributed by atoms with E-state index in [4.69, 9.17) is 4.74 Å². The van der Waals surface area contributed by atoms with Crippen LogP contribution in [-0.4, -0.2) is 50.3 Å². The molecule has 1 unspecified atom stereocenters. The van der Waals surface area contributed by atoms with Crippen molar-refractivity contribution in [2.45, 2.75) is 32.9 Å². The third kappa shape index (κ3) is 4.87. The Kier molecular flexibility index (Phi) is 6.45.